The molecule has 26 heavy (non-hydrogen) atoms. The summed E-state index contributed by atoms with van der Waals surface area (Å²) in [6, 6.07) is 4.22. The molecule has 1 aliphatic rings. The van der Waals surface area contributed by atoms with Gasteiger partial charge in [0.2, 0.25) is 0 Å². The van der Waals surface area contributed by atoms with Crippen LogP contribution in [0.3, 0.4) is 0 Å². The number of imidazole rings is 1. The molecule has 1 fully saturated rings. The number of rotatable bonds is 8. The molecule has 7 heteroatoms. The number of carbonyl (C=O) groups excluding carboxylic acids is 1. The van der Waals surface area contributed by atoms with Crippen LogP contribution in [-0.4, -0.2) is 45.5 Å². The van der Waals surface area contributed by atoms with Gasteiger partial charge in [-0.15, -0.1) is 0 Å². The Morgan fingerprint density at radius 3 is 2.92 bits per heavy atom. The number of hydrogen-bond acceptors (Lipinski definition) is 5. The van der Waals surface area contributed by atoms with Crippen LogP contribution in [0.4, 0.5) is 0 Å². The van der Waals surface area contributed by atoms with Crippen LogP contribution in [0, 0.1) is 0 Å². The Balaban J connectivity index is 1.40. The number of hydrogen-bond donors (Lipinski definition) is 0. The molecule has 0 saturated heterocycles. The molecule has 3 aromatic heterocycles. The molecule has 0 radical (unpaired) electrons. The third-order valence-electron chi connectivity index (χ3n) is 4.49. The number of aromatic nitrogens is 4. The first-order valence-electron chi connectivity index (χ1n) is 8.89. The number of esters is 1. The van der Waals surface area contributed by atoms with Crippen LogP contribution in [0.1, 0.15) is 46.8 Å². The van der Waals surface area contributed by atoms with Gasteiger partial charge >= 0.3 is 5.97 Å². The van der Waals surface area contributed by atoms with Crippen molar-refractivity contribution in [2.24, 2.45) is 0 Å². The van der Waals surface area contributed by atoms with E-state index in [0.717, 1.165) is 11.3 Å². The molecule has 4 rings (SSSR count). The second-order valence-corrected chi connectivity index (χ2v) is 6.64. The fourth-order valence-corrected chi connectivity index (χ4v) is 2.97. The molecule has 1 saturated carbocycles. The van der Waals surface area contributed by atoms with Crippen LogP contribution in [0.25, 0.3) is 5.65 Å². The molecule has 136 valence electrons. The van der Waals surface area contributed by atoms with Gasteiger partial charge in [0.1, 0.15) is 5.65 Å². The van der Waals surface area contributed by atoms with Crippen LogP contribution < -0.4 is 0 Å². The van der Waals surface area contributed by atoms with Gasteiger partial charge in [-0.25, -0.2) is 9.78 Å². The van der Waals surface area contributed by atoms with E-state index in [0.29, 0.717) is 37.7 Å². The molecule has 0 bridgehead atoms. The smallest absolute Gasteiger partial charge is 0.341 e. The molecule has 1 aliphatic carbocycles. The molecular weight excluding hydrogens is 332 g/mol. The van der Waals surface area contributed by atoms with Gasteiger partial charge in [-0.2, -0.15) is 5.10 Å². The Kier molecular flexibility index (Phi) is 4.71. The molecule has 0 amide bonds. The maximum Gasteiger partial charge on any atom is 0.341 e. The number of methoxy groups -OCH3 is 1. The average Bonchev–Trinajstić information content (AvgIpc) is 3.26. The molecular formula is C19H22N4O3. The summed E-state index contributed by atoms with van der Waals surface area (Å²) in [5.41, 5.74) is 3.65. The third-order valence-corrected chi connectivity index (χ3v) is 4.49. The van der Waals surface area contributed by atoms with Gasteiger partial charge < -0.3 is 13.9 Å². The zero-order valence-electron chi connectivity index (χ0n) is 14.8. The van der Waals surface area contributed by atoms with Crippen molar-refractivity contribution >= 4 is 11.6 Å². The second kappa shape index (κ2) is 7.29. The SMILES string of the molecule is COCCCOC(=O)c1cnn(Cc2cn3cc(C4CC4)ccc3n2)c1. The third kappa shape index (κ3) is 3.77. The summed E-state index contributed by atoms with van der Waals surface area (Å²) in [5, 5.41) is 4.24. The Morgan fingerprint density at radius 1 is 1.23 bits per heavy atom. The molecule has 0 N–H and O–H groups in total. The zero-order chi connectivity index (χ0) is 17.9. The van der Waals surface area contributed by atoms with E-state index >= 15 is 0 Å². The highest BCUT2D eigenvalue weighted by molar-refractivity contribution is 5.88. The van der Waals surface area contributed by atoms with Crippen LogP contribution in [0.15, 0.2) is 36.9 Å². The lowest BCUT2D eigenvalue weighted by Crippen LogP contribution is -2.07. The fraction of sp³-hybridized carbons (Fsp3) is 0.421. The van der Waals surface area contributed by atoms with Crippen molar-refractivity contribution in [3.8, 4) is 0 Å². The average molecular weight is 354 g/mol. The Morgan fingerprint density at radius 2 is 2.12 bits per heavy atom. The lowest BCUT2D eigenvalue weighted by atomic mass is 10.2. The highest BCUT2D eigenvalue weighted by Gasteiger charge is 2.23. The van der Waals surface area contributed by atoms with Gasteiger partial charge in [0.15, 0.2) is 0 Å². The zero-order valence-corrected chi connectivity index (χ0v) is 14.8. The van der Waals surface area contributed by atoms with Crippen molar-refractivity contribution in [1.82, 2.24) is 19.2 Å². The summed E-state index contributed by atoms with van der Waals surface area (Å²) in [4.78, 5) is 16.6. The van der Waals surface area contributed by atoms with Crippen LogP contribution in [-0.2, 0) is 16.0 Å². The van der Waals surface area contributed by atoms with Crippen molar-refractivity contribution in [1.29, 1.82) is 0 Å². The molecule has 0 atom stereocenters. The summed E-state index contributed by atoms with van der Waals surface area (Å²) in [6.45, 7) is 1.42. The van der Waals surface area contributed by atoms with Crippen molar-refractivity contribution in [2.45, 2.75) is 31.7 Å². The van der Waals surface area contributed by atoms with Crippen molar-refractivity contribution < 1.29 is 14.3 Å². The van der Waals surface area contributed by atoms with Crippen molar-refractivity contribution in [2.75, 3.05) is 20.3 Å². The molecule has 0 spiro atoms. The monoisotopic (exact) mass is 354 g/mol. The van der Waals surface area contributed by atoms with E-state index in [1.807, 2.05) is 6.20 Å². The van der Waals surface area contributed by atoms with Gasteiger partial charge in [0, 0.05) is 38.7 Å². The maximum absolute atomic E-state index is 12.0. The first-order chi connectivity index (χ1) is 12.7. The molecule has 0 aromatic carbocycles. The molecule has 7 nitrogen and oxygen atoms in total. The summed E-state index contributed by atoms with van der Waals surface area (Å²) in [6.07, 6.45) is 10.6. The summed E-state index contributed by atoms with van der Waals surface area (Å²) < 4.78 is 13.9. The lowest BCUT2D eigenvalue weighted by molar-refractivity contribution is 0.0468. The number of fused-ring (bicyclic) bond motifs is 1. The molecule has 0 aliphatic heterocycles. The summed E-state index contributed by atoms with van der Waals surface area (Å²) >= 11 is 0. The maximum atomic E-state index is 12.0. The number of ether oxygens (including phenoxy) is 2. The van der Waals surface area contributed by atoms with Gasteiger partial charge in [-0.3, -0.25) is 4.68 Å². The number of nitrogens with zero attached hydrogens (tertiary/aromatic N) is 4. The molecule has 3 aromatic rings. The van der Waals surface area contributed by atoms with E-state index in [4.69, 9.17) is 9.47 Å². The van der Waals surface area contributed by atoms with Crippen LogP contribution >= 0.6 is 0 Å². The van der Waals surface area contributed by atoms with E-state index < -0.39 is 0 Å². The molecule has 0 unspecified atom stereocenters. The Bertz CT molecular complexity index is 911. The number of pyridine rings is 1. The quantitative estimate of drug-likeness (QED) is 0.459. The van der Waals surface area contributed by atoms with Gasteiger partial charge in [-0.1, -0.05) is 6.07 Å². The highest BCUT2D eigenvalue weighted by Crippen LogP contribution is 2.39. The first-order valence-corrected chi connectivity index (χ1v) is 8.89. The van der Waals surface area contributed by atoms with Gasteiger partial charge in [-0.05, 0) is 30.4 Å². The van der Waals surface area contributed by atoms with E-state index in [1.165, 1.54) is 24.6 Å². The van der Waals surface area contributed by atoms with E-state index in [9.17, 15) is 4.79 Å². The van der Waals surface area contributed by atoms with Crippen molar-refractivity contribution in [3.63, 3.8) is 0 Å². The largest absolute Gasteiger partial charge is 0.462 e. The Labute approximate surface area is 151 Å². The second-order valence-electron chi connectivity index (χ2n) is 6.64. The lowest BCUT2D eigenvalue weighted by Gasteiger charge is -2.02. The van der Waals surface area contributed by atoms with E-state index in [1.54, 1.807) is 18.0 Å². The van der Waals surface area contributed by atoms with Crippen molar-refractivity contribution in [3.05, 3.63) is 53.7 Å². The fourth-order valence-electron chi connectivity index (χ4n) is 2.97. The minimum atomic E-state index is -0.364. The van der Waals surface area contributed by atoms with Gasteiger partial charge in [0.05, 0.1) is 30.6 Å². The Hall–Kier alpha value is -2.67. The standard InChI is InChI=1S/C19H22N4O3/c1-25-7-2-8-26-19(24)16-9-20-23(11-16)13-17-12-22-10-15(14-3-4-14)5-6-18(22)21-17/h5-6,9-12,14H,2-4,7-8,13H2,1H3. The highest BCUT2D eigenvalue weighted by atomic mass is 16.5. The predicted molar refractivity (Wildman–Crippen MR) is 95.3 cm³/mol. The topological polar surface area (TPSA) is 70.7 Å². The van der Waals surface area contributed by atoms with Crippen LogP contribution in [0.5, 0.6) is 0 Å². The molecule has 3 heterocycles. The predicted octanol–water partition coefficient (Wildman–Crippen LogP) is 2.65. The van der Waals surface area contributed by atoms with Crippen LogP contribution in [0.2, 0.25) is 0 Å². The number of carbonyl (C=O) groups is 1. The van der Waals surface area contributed by atoms with E-state index in [2.05, 4.69) is 32.8 Å². The first kappa shape index (κ1) is 16.8. The minimum Gasteiger partial charge on any atom is -0.462 e. The normalized spacial score (nSPS) is 14.0. The summed E-state index contributed by atoms with van der Waals surface area (Å²) in [5.74, 6) is 0.352. The summed E-state index contributed by atoms with van der Waals surface area (Å²) in [7, 11) is 1.62. The van der Waals surface area contributed by atoms with Gasteiger partial charge in [0.25, 0.3) is 0 Å². The minimum absolute atomic E-state index is 0.341. The van der Waals surface area contributed by atoms with E-state index in [-0.39, 0.29) is 5.97 Å².